The lowest BCUT2D eigenvalue weighted by Crippen LogP contribution is -2.37. The summed E-state index contributed by atoms with van der Waals surface area (Å²) in [5.41, 5.74) is 2.59. The fraction of sp³-hybridized carbons (Fsp3) is 0.438. The van der Waals surface area contributed by atoms with Crippen molar-refractivity contribution < 1.29 is 9.53 Å². The summed E-state index contributed by atoms with van der Waals surface area (Å²) in [5, 5.41) is 0. The van der Waals surface area contributed by atoms with E-state index in [1.54, 1.807) is 7.11 Å². The summed E-state index contributed by atoms with van der Waals surface area (Å²) in [5.74, 6) is 1.54. The second kappa shape index (κ2) is 4.72. The summed E-state index contributed by atoms with van der Waals surface area (Å²) in [6, 6.07) is 6.53. The molecule has 1 saturated heterocycles. The number of benzene rings is 1. The van der Waals surface area contributed by atoms with Crippen molar-refractivity contribution in [2.75, 3.05) is 13.7 Å². The fourth-order valence-corrected chi connectivity index (χ4v) is 3.58. The van der Waals surface area contributed by atoms with Crippen molar-refractivity contribution in [2.45, 2.75) is 31.2 Å². The molecule has 3 nitrogen and oxygen atoms in total. The number of ether oxygens (including phenoxy) is 1. The van der Waals surface area contributed by atoms with E-state index in [4.69, 9.17) is 4.74 Å². The van der Waals surface area contributed by atoms with Gasteiger partial charge in [0.05, 0.1) is 7.11 Å². The van der Waals surface area contributed by atoms with Crippen LogP contribution in [-0.2, 0) is 11.2 Å². The summed E-state index contributed by atoms with van der Waals surface area (Å²) < 4.78 is 5.45. The molecule has 0 aromatic heterocycles. The molecule has 1 aromatic rings. The molecule has 1 heterocycles. The van der Waals surface area contributed by atoms with Crippen LogP contribution >= 0.6 is 0 Å². The van der Waals surface area contributed by atoms with Crippen molar-refractivity contribution in [3.05, 3.63) is 42.0 Å². The third-order valence-corrected chi connectivity index (χ3v) is 4.38. The molecule has 0 bridgehead atoms. The maximum atomic E-state index is 12.1. The van der Waals surface area contributed by atoms with Crippen LogP contribution in [0.4, 0.5) is 0 Å². The van der Waals surface area contributed by atoms with E-state index >= 15 is 0 Å². The van der Waals surface area contributed by atoms with Crippen LogP contribution in [0.3, 0.4) is 0 Å². The van der Waals surface area contributed by atoms with Crippen LogP contribution in [0.15, 0.2) is 30.9 Å². The van der Waals surface area contributed by atoms with Crippen LogP contribution < -0.4 is 4.74 Å². The standard InChI is InChI=1S/C16H19NO2/c1-3-9-17-14-8-7-12-11(13(14)10-16(17)18)5-4-6-15(12)19-2/h3-6,13-14H,1,7-10H2,2H3/t13-,14+/m1/s1. The van der Waals surface area contributed by atoms with Gasteiger partial charge in [-0.25, -0.2) is 0 Å². The highest BCUT2D eigenvalue weighted by atomic mass is 16.5. The number of nitrogens with zero attached hydrogens (tertiary/aromatic N) is 1. The van der Waals surface area contributed by atoms with E-state index in [9.17, 15) is 4.79 Å². The Hall–Kier alpha value is -1.77. The van der Waals surface area contributed by atoms with E-state index < -0.39 is 0 Å². The van der Waals surface area contributed by atoms with E-state index in [0.717, 1.165) is 18.6 Å². The molecule has 19 heavy (non-hydrogen) atoms. The zero-order valence-electron chi connectivity index (χ0n) is 11.3. The van der Waals surface area contributed by atoms with E-state index in [1.807, 2.05) is 23.1 Å². The van der Waals surface area contributed by atoms with Crippen molar-refractivity contribution in [1.82, 2.24) is 4.90 Å². The Morgan fingerprint density at radius 2 is 2.37 bits per heavy atom. The highest BCUT2D eigenvalue weighted by Gasteiger charge is 2.43. The minimum atomic E-state index is 0.255. The Balaban J connectivity index is 1.99. The zero-order valence-corrected chi connectivity index (χ0v) is 11.3. The highest BCUT2D eigenvalue weighted by molar-refractivity contribution is 5.81. The number of carbonyl (C=O) groups is 1. The van der Waals surface area contributed by atoms with Crippen LogP contribution in [0.2, 0.25) is 0 Å². The number of hydrogen-bond donors (Lipinski definition) is 0. The maximum Gasteiger partial charge on any atom is 0.223 e. The van der Waals surface area contributed by atoms with E-state index in [-0.39, 0.29) is 5.91 Å². The van der Waals surface area contributed by atoms with Crippen molar-refractivity contribution in [1.29, 1.82) is 0 Å². The van der Waals surface area contributed by atoms with Gasteiger partial charge in [-0.15, -0.1) is 6.58 Å². The van der Waals surface area contributed by atoms with Crippen LogP contribution in [0.25, 0.3) is 0 Å². The molecule has 1 aliphatic carbocycles. The van der Waals surface area contributed by atoms with Crippen LogP contribution in [0, 0.1) is 0 Å². The molecule has 3 rings (SSSR count). The molecule has 1 amide bonds. The lowest BCUT2D eigenvalue weighted by Gasteiger charge is -2.33. The molecule has 1 aliphatic heterocycles. The largest absolute Gasteiger partial charge is 0.496 e. The van der Waals surface area contributed by atoms with Gasteiger partial charge in [-0.1, -0.05) is 18.2 Å². The monoisotopic (exact) mass is 257 g/mol. The summed E-state index contributed by atoms with van der Waals surface area (Å²) in [7, 11) is 1.71. The first kappa shape index (κ1) is 12.3. The Bertz CT molecular complexity index is 523. The predicted octanol–water partition coefficient (Wildman–Crippen LogP) is 2.51. The third-order valence-electron chi connectivity index (χ3n) is 4.38. The van der Waals surface area contributed by atoms with E-state index in [0.29, 0.717) is 24.9 Å². The molecule has 1 fully saturated rings. The lowest BCUT2D eigenvalue weighted by molar-refractivity contribution is -0.128. The van der Waals surface area contributed by atoms with Gasteiger partial charge < -0.3 is 9.64 Å². The molecule has 0 unspecified atom stereocenters. The van der Waals surface area contributed by atoms with Gasteiger partial charge in [0.15, 0.2) is 0 Å². The molecule has 2 aliphatic rings. The summed E-state index contributed by atoms with van der Waals surface area (Å²) in [6.07, 6.45) is 4.46. The number of hydrogen-bond acceptors (Lipinski definition) is 2. The Labute approximate surface area is 113 Å². The van der Waals surface area contributed by atoms with Gasteiger partial charge >= 0.3 is 0 Å². The predicted molar refractivity (Wildman–Crippen MR) is 74.4 cm³/mol. The van der Waals surface area contributed by atoms with E-state index in [1.165, 1.54) is 11.1 Å². The molecule has 2 atom stereocenters. The van der Waals surface area contributed by atoms with Crippen molar-refractivity contribution in [3.8, 4) is 5.75 Å². The van der Waals surface area contributed by atoms with Gasteiger partial charge in [0.25, 0.3) is 0 Å². The number of amides is 1. The van der Waals surface area contributed by atoms with Crippen LogP contribution in [-0.4, -0.2) is 30.5 Å². The topological polar surface area (TPSA) is 29.5 Å². The number of fused-ring (bicyclic) bond motifs is 3. The Morgan fingerprint density at radius 3 is 3.11 bits per heavy atom. The van der Waals surface area contributed by atoms with Gasteiger partial charge in [-0.05, 0) is 30.0 Å². The second-order valence-electron chi connectivity index (χ2n) is 5.28. The van der Waals surface area contributed by atoms with Crippen molar-refractivity contribution in [2.24, 2.45) is 0 Å². The Kier molecular flexibility index (Phi) is 3.05. The number of methoxy groups -OCH3 is 1. The molecule has 100 valence electrons. The van der Waals surface area contributed by atoms with Gasteiger partial charge in [0, 0.05) is 24.9 Å². The number of rotatable bonds is 3. The first-order valence-electron chi connectivity index (χ1n) is 6.82. The SMILES string of the molecule is C=CCN1C(=O)C[C@@H]2c3cccc(OC)c3CC[C@@H]21. The maximum absolute atomic E-state index is 12.1. The molecule has 0 radical (unpaired) electrons. The lowest BCUT2D eigenvalue weighted by atomic mass is 9.79. The molecule has 0 spiro atoms. The molecule has 0 saturated carbocycles. The summed E-state index contributed by atoms with van der Waals surface area (Å²) in [4.78, 5) is 14.1. The van der Waals surface area contributed by atoms with Crippen LogP contribution in [0.1, 0.15) is 29.9 Å². The second-order valence-corrected chi connectivity index (χ2v) is 5.28. The molecular formula is C16H19NO2. The van der Waals surface area contributed by atoms with Crippen molar-refractivity contribution in [3.63, 3.8) is 0 Å². The average Bonchev–Trinajstić information content (AvgIpc) is 2.75. The van der Waals surface area contributed by atoms with E-state index in [2.05, 4.69) is 12.6 Å². The normalized spacial score (nSPS) is 24.9. The average molecular weight is 257 g/mol. The van der Waals surface area contributed by atoms with Gasteiger partial charge in [-0.2, -0.15) is 0 Å². The quantitative estimate of drug-likeness (QED) is 0.779. The first-order chi connectivity index (χ1) is 9.26. The van der Waals surface area contributed by atoms with Gasteiger partial charge in [0.1, 0.15) is 5.75 Å². The third kappa shape index (κ3) is 1.84. The smallest absolute Gasteiger partial charge is 0.223 e. The minimum absolute atomic E-state index is 0.255. The van der Waals surface area contributed by atoms with Gasteiger partial charge in [-0.3, -0.25) is 4.79 Å². The van der Waals surface area contributed by atoms with Crippen molar-refractivity contribution >= 4 is 5.91 Å². The zero-order chi connectivity index (χ0) is 13.4. The number of carbonyl (C=O) groups excluding carboxylic acids is 1. The molecular weight excluding hydrogens is 238 g/mol. The van der Waals surface area contributed by atoms with Crippen LogP contribution in [0.5, 0.6) is 5.75 Å². The first-order valence-corrected chi connectivity index (χ1v) is 6.82. The minimum Gasteiger partial charge on any atom is -0.496 e. The number of likely N-dealkylation sites (tertiary alicyclic amines) is 1. The fourth-order valence-electron chi connectivity index (χ4n) is 3.58. The van der Waals surface area contributed by atoms with Gasteiger partial charge in [0.2, 0.25) is 5.91 Å². The summed E-state index contributed by atoms with van der Waals surface area (Å²) >= 11 is 0. The summed E-state index contributed by atoms with van der Waals surface area (Å²) in [6.45, 7) is 4.42. The molecule has 0 N–H and O–H groups in total. The highest BCUT2D eigenvalue weighted by Crippen LogP contribution is 2.44. The Morgan fingerprint density at radius 1 is 1.53 bits per heavy atom. The molecule has 3 heteroatoms. The molecule has 1 aromatic carbocycles.